The van der Waals surface area contributed by atoms with Gasteiger partial charge in [-0.1, -0.05) is 6.42 Å². The number of aliphatic hydroxyl groups excluding tert-OH is 1. The second kappa shape index (κ2) is 7.99. The van der Waals surface area contributed by atoms with Gasteiger partial charge in [0, 0.05) is 6.54 Å². The molecule has 0 aliphatic heterocycles. The Balaban J connectivity index is 1.86. The molecule has 9 heteroatoms. The number of hydrogen-bond acceptors (Lipinski definition) is 7. The fourth-order valence-corrected chi connectivity index (χ4v) is 3.02. The number of nitrogens with one attached hydrogen (secondary N) is 2. The molecule has 1 unspecified atom stereocenters. The Morgan fingerprint density at radius 1 is 1.50 bits per heavy atom. The number of aromatic nitrogens is 2. The predicted molar refractivity (Wildman–Crippen MR) is 79.4 cm³/mol. The maximum Gasteiger partial charge on any atom is 0.233 e. The van der Waals surface area contributed by atoms with E-state index in [0.717, 1.165) is 6.54 Å². The molecule has 20 heavy (non-hydrogen) atoms. The topological polar surface area (TPSA) is 102 Å². The van der Waals surface area contributed by atoms with Gasteiger partial charge in [-0.2, -0.15) is 4.72 Å². The first-order valence-electron chi connectivity index (χ1n) is 6.36. The van der Waals surface area contributed by atoms with Gasteiger partial charge in [0.25, 0.3) is 0 Å². The smallest absolute Gasteiger partial charge is 0.233 e. The zero-order chi connectivity index (χ0) is 14.4. The molecule has 0 radical (unpaired) electrons. The quantitative estimate of drug-likeness (QED) is 0.591. The van der Waals surface area contributed by atoms with Gasteiger partial charge in [0.15, 0.2) is 17.4 Å². The molecule has 1 atom stereocenters. The van der Waals surface area contributed by atoms with Gasteiger partial charge >= 0.3 is 0 Å². The van der Waals surface area contributed by atoms with Crippen molar-refractivity contribution >= 4 is 33.3 Å². The number of ether oxygens (including phenoxy) is 1. The molecule has 0 saturated heterocycles. The second-order valence-electron chi connectivity index (χ2n) is 4.43. The summed E-state index contributed by atoms with van der Waals surface area (Å²) in [4.78, 5) is 7.93. The zero-order valence-corrected chi connectivity index (χ0v) is 13.2. The third-order valence-electron chi connectivity index (χ3n) is 3.00. The summed E-state index contributed by atoms with van der Waals surface area (Å²) >= 11 is 1.88. The lowest BCUT2D eigenvalue weighted by Crippen LogP contribution is -2.36. The molecule has 112 valence electrons. The van der Waals surface area contributed by atoms with Crippen LogP contribution in [0.2, 0.25) is 0 Å². The summed E-state index contributed by atoms with van der Waals surface area (Å²) in [7, 11) is 0. The first-order chi connectivity index (χ1) is 9.70. The Labute approximate surface area is 129 Å². The van der Waals surface area contributed by atoms with E-state index in [-0.39, 0.29) is 13.2 Å². The highest BCUT2D eigenvalue weighted by Crippen LogP contribution is 2.29. The molecule has 1 saturated carbocycles. The number of hydrogen-bond donors (Lipinski definition) is 3. The average Bonchev–Trinajstić information content (AvgIpc) is 2.38. The fraction of sp³-hybridized carbons (Fsp3) is 0.636. The summed E-state index contributed by atoms with van der Waals surface area (Å²) in [5.41, 5.74) is 0. The summed E-state index contributed by atoms with van der Waals surface area (Å²) in [6.45, 7) is 0.766. The van der Waals surface area contributed by atoms with E-state index in [9.17, 15) is 4.55 Å². The van der Waals surface area contributed by atoms with E-state index >= 15 is 0 Å². The minimum Gasteiger partial charge on any atom is -0.574 e. The van der Waals surface area contributed by atoms with Crippen molar-refractivity contribution < 1.29 is 14.4 Å². The maximum absolute atomic E-state index is 11.9. The highest BCUT2D eigenvalue weighted by Gasteiger charge is 2.21. The molecule has 0 amide bonds. The minimum absolute atomic E-state index is 0.103. The number of nitrogens with zero attached hydrogens (tertiary/aromatic N) is 2. The number of rotatable bonds is 8. The molecule has 1 heterocycles. The normalized spacial score (nSPS) is 16.6. The Kier molecular flexibility index (Phi) is 6.30. The molecular formula is C11H17BrN4O3S. The predicted octanol–water partition coefficient (Wildman–Crippen LogP) is 0.990. The number of aliphatic hydroxyl groups is 1. The van der Waals surface area contributed by atoms with Crippen molar-refractivity contribution in [1.82, 2.24) is 14.7 Å². The molecular weight excluding hydrogens is 348 g/mol. The van der Waals surface area contributed by atoms with Gasteiger partial charge < -0.3 is 14.4 Å². The van der Waals surface area contributed by atoms with Crippen molar-refractivity contribution in [3.63, 3.8) is 0 Å². The molecule has 2 rings (SSSR count). The van der Waals surface area contributed by atoms with Crippen LogP contribution >= 0.6 is 15.9 Å². The van der Waals surface area contributed by atoms with E-state index in [1.54, 1.807) is 0 Å². The van der Waals surface area contributed by atoms with Crippen molar-refractivity contribution in [1.29, 1.82) is 0 Å². The summed E-state index contributed by atoms with van der Waals surface area (Å²) < 4.78 is 23.2. The summed E-state index contributed by atoms with van der Waals surface area (Å²) in [6.07, 6.45) is 4.96. The fourth-order valence-electron chi connectivity index (χ4n) is 1.68. The molecule has 1 aromatic rings. The van der Waals surface area contributed by atoms with Crippen LogP contribution < -0.4 is 14.2 Å². The summed E-state index contributed by atoms with van der Waals surface area (Å²) in [5, 5.41) is 8.73. The lowest BCUT2D eigenvalue weighted by atomic mass is 9.86. The minimum atomic E-state index is -1.41. The Morgan fingerprint density at radius 2 is 2.30 bits per heavy atom. The van der Waals surface area contributed by atoms with E-state index in [1.165, 1.54) is 25.6 Å². The van der Waals surface area contributed by atoms with Crippen molar-refractivity contribution in [2.75, 3.05) is 24.5 Å². The molecule has 1 fully saturated rings. The van der Waals surface area contributed by atoms with E-state index in [2.05, 4.69) is 35.3 Å². The van der Waals surface area contributed by atoms with Crippen LogP contribution in [0, 0.1) is 5.92 Å². The molecule has 0 aromatic carbocycles. The Bertz CT molecular complexity index is 436. The molecule has 1 aliphatic carbocycles. The maximum atomic E-state index is 11.9. The van der Waals surface area contributed by atoms with E-state index in [0.29, 0.717) is 22.1 Å². The number of halogens is 1. The first-order valence-corrected chi connectivity index (χ1v) is 8.31. The standard InChI is InChI=1S/C11H17BrN4O3S/c12-9-10(13-7-14-11(9)19-5-4-17)16-20(18)15-6-8-2-1-3-8/h7-8,15,17H,1-6H2,(H,13,14,16). The lowest BCUT2D eigenvalue weighted by Gasteiger charge is -2.25. The van der Waals surface area contributed by atoms with Crippen molar-refractivity contribution in [3.05, 3.63) is 10.8 Å². The van der Waals surface area contributed by atoms with Crippen molar-refractivity contribution in [2.24, 2.45) is 5.92 Å². The van der Waals surface area contributed by atoms with E-state index in [1.807, 2.05) is 0 Å². The van der Waals surface area contributed by atoms with Crippen LogP contribution in [0.1, 0.15) is 19.3 Å². The van der Waals surface area contributed by atoms with Crippen LogP contribution in [-0.4, -0.2) is 39.4 Å². The molecule has 1 aromatic heterocycles. The van der Waals surface area contributed by atoms with Gasteiger partial charge in [-0.3, -0.25) is 0 Å². The first kappa shape index (κ1) is 15.8. The average molecular weight is 365 g/mol. The zero-order valence-electron chi connectivity index (χ0n) is 10.8. The summed E-state index contributed by atoms with van der Waals surface area (Å²) in [5.74, 6) is 1.30. The van der Waals surface area contributed by atoms with Crippen LogP contribution in [0.3, 0.4) is 0 Å². The van der Waals surface area contributed by atoms with Crippen molar-refractivity contribution in [2.45, 2.75) is 19.3 Å². The van der Waals surface area contributed by atoms with Crippen LogP contribution in [0.15, 0.2) is 10.8 Å². The lowest BCUT2D eigenvalue weighted by molar-refractivity contribution is 0.196. The molecule has 1 aliphatic rings. The van der Waals surface area contributed by atoms with Crippen LogP contribution in [0.25, 0.3) is 0 Å². The van der Waals surface area contributed by atoms with Crippen LogP contribution in [-0.2, 0) is 11.5 Å². The van der Waals surface area contributed by atoms with Gasteiger partial charge in [-0.05, 0) is 34.7 Å². The van der Waals surface area contributed by atoms with Gasteiger partial charge in [0.05, 0.1) is 6.61 Å². The van der Waals surface area contributed by atoms with Crippen molar-refractivity contribution in [3.8, 4) is 5.88 Å². The second-order valence-corrected chi connectivity index (χ2v) is 6.25. The highest BCUT2D eigenvalue weighted by molar-refractivity contribution is 9.10. The summed E-state index contributed by atoms with van der Waals surface area (Å²) in [6, 6.07) is 0. The SMILES string of the molecule is [O-][S+](NCC1CCC1)Nc1ncnc(OCCO)c1Br. The molecule has 0 spiro atoms. The third-order valence-corrected chi connectivity index (χ3v) is 4.53. The van der Waals surface area contributed by atoms with E-state index < -0.39 is 11.5 Å². The van der Waals surface area contributed by atoms with Gasteiger partial charge in [-0.25, -0.2) is 9.97 Å². The van der Waals surface area contributed by atoms with Crippen LogP contribution in [0.4, 0.5) is 5.82 Å². The van der Waals surface area contributed by atoms with Gasteiger partial charge in [0.1, 0.15) is 17.4 Å². The third kappa shape index (κ3) is 4.45. The molecule has 3 N–H and O–H groups in total. The number of anilines is 1. The van der Waals surface area contributed by atoms with Crippen LogP contribution in [0.5, 0.6) is 5.88 Å². The highest BCUT2D eigenvalue weighted by atomic mass is 79.9. The van der Waals surface area contributed by atoms with Gasteiger partial charge in [0.2, 0.25) is 5.88 Å². The van der Waals surface area contributed by atoms with E-state index in [4.69, 9.17) is 9.84 Å². The molecule has 7 nitrogen and oxygen atoms in total. The molecule has 0 bridgehead atoms. The monoisotopic (exact) mass is 364 g/mol. The van der Waals surface area contributed by atoms with Gasteiger partial charge in [-0.15, -0.1) is 4.72 Å². The Morgan fingerprint density at radius 3 is 2.95 bits per heavy atom. The Hall–Kier alpha value is -0.610. The largest absolute Gasteiger partial charge is 0.574 e.